The molecule has 0 saturated carbocycles. The molecule has 0 aromatic heterocycles. The first-order chi connectivity index (χ1) is 9.43. The van der Waals surface area contributed by atoms with Gasteiger partial charge in [0.05, 0.1) is 10.7 Å². The van der Waals surface area contributed by atoms with E-state index < -0.39 is 23.9 Å². The number of carboxylic acid groups (broad SMARTS) is 1. The van der Waals surface area contributed by atoms with E-state index in [4.69, 9.17) is 16.7 Å². The van der Waals surface area contributed by atoms with Crippen LogP contribution in [0.1, 0.15) is 26.2 Å². The van der Waals surface area contributed by atoms with E-state index >= 15 is 0 Å². The molecule has 0 heterocycles. The predicted octanol–water partition coefficient (Wildman–Crippen LogP) is 3.24. The molecule has 20 heavy (non-hydrogen) atoms. The number of halogens is 2. The van der Waals surface area contributed by atoms with Crippen LogP contribution in [0.5, 0.6) is 0 Å². The lowest BCUT2D eigenvalue weighted by molar-refractivity contribution is -0.139. The number of hydrogen-bond donors (Lipinski definition) is 3. The quantitative estimate of drug-likeness (QED) is 0.755. The number of rotatable bonds is 6. The highest BCUT2D eigenvalue weighted by molar-refractivity contribution is 6.33. The third-order valence-electron chi connectivity index (χ3n) is 2.63. The monoisotopic (exact) mass is 302 g/mol. The van der Waals surface area contributed by atoms with E-state index in [-0.39, 0.29) is 10.7 Å². The predicted molar refractivity (Wildman–Crippen MR) is 74.5 cm³/mol. The minimum absolute atomic E-state index is 0.0422. The lowest BCUT2D eigenvalue weighted by atomic mass is 10.1. The first kappa shape index (κ1) is 16.2. The fourth-order valence-electron chi connectivity index (χ4n) is 1.57. The van der Waals surface area contributed by atoms with E-state index in [2.05, 4.69) is 10.6 Å². The summed E-state index contributed by atoms with van der Waals surface area (Å²) in [6.45, 7) is 1.93. The number of nitrogens with one attached hydrogen (secondary N) is 2. The summed E-state index contributed by atoms with van der Waals surface area (Å²) in [4.78, 5) is 22.7. The molecule has 0 aliphatic heterocycles. The van der Waals surface area contributed by atoms with Crippen molar-refractivity contribution in [2.45, 2.75) is 32.2 Å². The summed E-state index contributed by atoms with van der Waals surface area (Å²) >= 11 is 5.76. The van der Waals surface area contributed by atoms with Crippen LogP contribution in [-0.2, 0) is 4.79 Å². The maximum Gasteiger partial charge on any atom is 0.326 e. The second kappa shape index (κ2) is 7.69. The lowest BCUT2D eigenvalue weighted by Gasteiger charge is -2.15. The second-order valence-corrected chi connectivity index (χ2v) is 4.66. The summed E-state index contributed by atoms with van der Waals surface area (Å²) in [5.41, 5.74) is 0.213. The molecule has 0 radical (unpaired) electrons. The molecule has 0 spiro atoms. The molecule has 7 heteroatoms. The minimum atomic E-state index is -1.10. The van der Waals surface area contributed by atoms with Gasteiger partial charge in [0.15, 0.2) is 0 Å². The third kappa shape index (κ3) is 5.05. The third-order valence-corrected chi connectivity index (χ3v) is 2.94. The number of hydrogen-bond acceptors (Lipinski definition) is 2. The van der Waals surface area contributed by atoms with E-state index in [0.717, 1.165) is 18.6 Å². The Morgan fingerprint density at radius 3 is 2.70 bits per heavy atom. The number of aliphatic carboxylic acids is 1. The van der Waals surface area contributed by atoms with Crippen LogP contribution in [0.15, 0.2) is 18.2 Å². The molecular formula is C13H16ClFN2O3. The van der Waals surface area contributed by atoms with Crippen LogP contribution < -0.4 is 10.6 Å². The van der Waals surface area contributed by atoms with Crippen molar-refractivity contribution in [1.29, 1.82) is 0 Å². The highest BCUT2D eigenvalue weighted by Crippen LogP contribution is 2.22. The van der Waals surface area contributed by atoms with Crippen LogP contribution in [0.4, 0.5) is 14.9 Å². The molecule has 1 atom stereocenters. The Kier molecular flexibility index (Phi) is 6.24. The first-order valence-corrected chi connectivity index (χ1v) is 6.57. The van der Waals surface area contributed by atoms with E-state index in [1.807, 2.05) is 6.92 Å². The van der Waals surface area contributed by atoms with Crippen LogP contribution in [0, 0.1) is 5.82 Å². The van der Waals surface area contributed by atoms with Gasteiger partial charge in [-0.2, -0.15) is 0 Å². The molecule has 0 aliphatic rings. The molecule has 0 aliphatic carbocycles. The molecule has 0 fully saturated rings. The van der Waals surface area contributed by atoms with Crippen molar-refractivity contribution >= 4 is 29.3 Å². The lowest BCUT2D eigenvalue weighted by Crippen LogP contribution is -2.43. The molecule has 1 unspecified atom stereocenters. The summed E-state index contributed by atoms with van der Waals surface area (Å²) in [6.07, 6.45) is 1.86. The van der Waals surface area contributed by atoms with Gasteiger partial charge in [-0.1, -0.05) is 31.4 Å². The van der Waals surface area contributed by atoms with Gasteiger partial charge in [0.2, 0.25) is 0 Å². The summed E-state index contributed by atoms with van der Waals surface area (Å²) in [5, 5.41) is 13.8. The number of carbonyl (C=O) groups is 2. The summed E-state index contributed by atoms with van der Waals surface area (Å²) in [7, 11) is 0. The molecule has 0 bridgehead atoms. The topological polar surface area (TPSA) is 78.4 Å². The molecule has 1 aromatic rings. The Balaban J connectivity index is 2.63. The van der Waals surface area contributed by atoms with E-state index in [1.165, 1.54) is 6.07 Å². The van der Waals surface area contributed by atoms with Crippen molar-refractivity contribution in [1.82, 2.24) is 5.32 Å². The fraction of sp³-hybridized carbons (Fsp3) is 0.385. The maximum absolute atomic E-state index is 12.8. The molecule has 5 nitrogen and oxygen atoms in total. The van der Waals surface area contributed by atoms with Crippen LogP contribution in [0.3, 0.4) is 0 Å². The van der Waals surface area contributed by atoms with Crippen molar-refractivity contribution in [2.24, 2.45) is 0 Å². The van der Waals surface area contributed by atoms with E-state index in [0.29, 0.717) is 12.8 Å². The Morgan fingerprint density at radius 1 is 1.45 bits per heavy atom. The van der Waals surface area contributed by atoms with Crippen LogP contribution in [0.2, 0.25) is 5.02 Å². The number of unbranched alkanes of at least 4 members (excludes halogenated alkanes) is 1. The van der Waals surface area contributed by atoms with Crippen molar-refractivity contribution < 1.29 is 19.1 Å². The minimum Gasteiger partial charge on any atom is -0.480 e. The van der Waals surface area contributed by atoms with Gasteiger partial charge in [0.25, 0.3) is 0 Å². The Bertz CT molecular complexity index is 497. The number of carboxylic acids is 1. The maximum atomic E-state index is 12.8. The SMILES string of the molecule is CCCCC(NC(=O)Nc1ccc(F)cc1Cl)C(=O)O. The van der Waals surface area contributed by atoms with Crippen molar-refractivity contribution in [3.63, 3.8) is 0 Å². The Morgan fingerprint density at radius 2 is 2.15 bits per heavy atom. The molecule has 1 aromatic carbocycles. The number of carbonyl (C=O) groups excluding carboxylic acids is 1. The van der Waals surface area contributed by atoms with Crippen molar-refractivity contribution in [3.05, 3.63) is 29.0 Å². The van der Waals surface area contributed by atoms with Gasteiger partial charge in [-0.3, -0.25) is 0 Å². The smallest absolute Gasteiger partial charge is 0.326 e. The number of benzene rings is 1. The Hall–Kier alpha value is -1.82. The standard InChI is InChI=1S/C13H16ClFN2O3/c1-2-3-4-11(12(18)19)17-13(20)16-10-6-5-8(15)7-9(10)14/h5-7,11H,2-4H2,1H3,(H,18,19)(H2,16,17,20). The normalized spacial score (nSPS) is 11.8. The highest BCUT2D eigenvalue weighted by atomic mass is 35.5. The first-order valence-electron chi connectivity index (χ1n) is 6.19. The fourth-order valence-corrected chi connectivity index (χ4v) is 1.79. The highest BCUT2D eigenvalue weighted by Gasteiger charge is 2.19. The van der Waals surface area contributed by atoms with Gasteiger partial charge in [-0.15, -0.1) is 0 Å². The Labute approximate surface area is 121 Å². The van der Waals surface area contributed by atoms with Gasteiger partial charge in [-0.25, -0.2) is 14.0 Å². The van der Waals surface area contributed by atoms with E-state index in [9.17, 15) is 14.0 Å². The van der Waals surface area contributed by atoms with Crippen LogP contribution in [0.25, 0.3) is 0 Å². The summed E-state index contributed by atoms with van der Waals surface area (Å²) in [6, 6.07) is 1.85. The second-order valence-electron chi connectivity index (χ2n) is 4.26. The molecule has 110 valence electrons. The largest absolute Gasteiger partial charge is 0.480 e. The number of amides is 2. The van der Waals surface area contributed by atoms with Gasteiger partial charge in [0, 0.05) is 0 Å². The molecule has 0 saturated heterocycles. The van der Waals surface area contributed by atoms with Gasteiger partial charge in [-0.05, 0) is 24.6 Å². The van der Waals surface area contributed by atoms with Crippen LogP contribution in [-0.4, -0.2) is 23.1 Å². The zero-order valence-corrected chi connectivity index (χ0v) is 11.7. The van der Waals surface area contributed by atoms with Crippen LogP contribution >= 0.6 is 11.6 Å². The van der Waals surface area contributed by atoms with Crippen molar-refractivity contribution in [2.75, 3.05) is 5.32 Å². The number of urea groups is 1. The van der Waals surface area contributed by atoms with E-state index in [1.54, 1.807) is 0 Å². The van der Waals surface area contributed by atoms with Gasteiger partial charge >= 0.3 is 12.0 Å². The zero-order chi connectivity index (χ0) is 15.1. The zero-order valence-electron chi connectivity index (χ0n) is 11.0. The number of anilines is 1. The molecule has 2 amide bonds. The summed E-state index contributed by atoms with van der Waals surface area (Å²) in [5.74, 6) is -1.62. The van der Waals surface area contributed by atoms with Crippen molar-refractivity contribution in [3.8, 4) is 0 Å². The molecule has 3 N–H and O–H groups in total. The van der Waals surface area contributed by atoms with Gasteiger partial charge < -0.3 is 15.7 Å². The van der Waals surface area contributed by atoms with Gasteiger partial charge in [0.1, 0.15) is 11.9 Å². The summed E-state index contributed by atoms with van der Waals surface area (Å²) < 4.78 is 12.8. The molecule has 1 rings (SSSR count). The average molecular weight is 303 g/mol. The average Bonchev–Trinajstić information content (AvgIpc) is 2.37. The molecular weight excluding hydrogens is 287 g/mol.